The minimum absolute atomic E-state index is 0.0899. The highest BCUT2D eigenvalue weighted by atomic mass is 32.2. The summed E-state index contributed by atoms with van der Waals surface area (Å²) >= 11 is 0. The number of amides is 1. The predicted octanol–water partition coefficient (Wildman–Crippen LogP) is 3.82. The maximum Gasteiger partial charge on any atom is 0.255 e. The second-order valence-electron chi connectivity index (χ2n) is 6.15. The molecule has 28 heavy (non-hydrogen) atoms. The molecule has 0 saturated carbocycles. The zero-order valence-electron chi connectivity index (χ0n) is 14.8. The number of phenolic OH excluding ortho intramolecular Hbond substituents is 1. The molecule has 0 aromatic heterocycles. The number of halogens is 1. The third-order valence-corrected chi connectivity index (χ3v) is 4.45. The lowest BCUT2D eigenvalue weighted by Crippen LogP contribution is -2.12. The Morgan fingerprint density at radius 2 is 1.64 bits per heavy atom. The minimum Gasteiger partial charge on any atom is -0.507 e. The Hall–Kier alpha value is -3.39. The molecule has 3 aromatic carbocycles. The molecular weight excluding hydrogens is 383 g/mol. The summed E-state index contributed by atoms with van der Waals surface area (Å²) in [4.78, 5) is 12.5. The Balaban J connectivity index is 1.79. The highest BCUT2D eigenvalue weighted by Crippen LogP contribution is 2.30. The first-order valence-electron chi connectivity index (χ1n) is 8.19. The molecule has 0 aliphatic heterocycles. The van der Waals surface area contributed by atoms with Crippen molar-refractivity contribution >= 4 is 27.3 Å². The summed E-state index contributed by atoms with van der Waals surface area (Å²) in [5.41, 5.74) is 1.95. The predicted molar refractivity (Wildman–Crippen MR) is 106 cm³/mol. The molecule has 3 aromatic rings. The average Bonchev–Trinajstić information content (AvgIpc) is 2.64. The number of hydrogen-bond donors (Lipinski definition) is 3. The van der Waals surface area contributed by atoms with Crippen molar-refractivity contribution in [1.29, 1.82) is 0 Å². The van der Waals surface area contributed by atoms with E-state index in [0.29, 0.717) is 22.5 Å². The van der Waals surface area contributed by atoms with Crippen LogP contribution in [0, 0.1) is 5.82 Å². The number of carbonyl (C=O) groups is 1. The summed E-state index contributed by atoms with van der Waals surface area (Å²) < 4.78 is 38.3. The molecule has 0 heterocycles. The molecule has 0 atom stereocenters. The van der Waals surface area contributed by atoms with Gasteiger partial charge in [0.15, 0.2) is 0 Å². The van der Waals surface area contributed by atoms with E-state index in [1.807, 2.05) is 0 Å². The number of sulfonamides is 1. The third-order valence-electron chi connectivity index (χ3n) is 3.84. The van der Waals surface area contributed by atoms with Crippen LogP contribution in [0.1, 0.15) is 10.4 Å². The smallest absolute Gasteiger partial charge is 0.255 e. The van der Waals surface area contributed by atoms with Gasteiger partial charge >= 0.3 is 0 Å². The fourth-order valence-corrected chi connectivity index (χ4v) is 3.17. The summed E-state index contributed by atoms with van der Waals surface area (Å²) in [5.74, 6) is -0.986. The first-order chi connectivity index (χ1) is 13.2. The van der Waals surface area contributed by atoms with Crippen LogP contribution in [-0.2, 0) is 10.0 Å². The van der Waals surface area contributed by atoms with Crippen molar-refractivity contribution in [2.24, 2.45) is 0 Å². The summed E-state index contributed by atoms with van der Waals surface area (Å²) in [6, 6.07) is 16.2. The quantitative estimate of drug-likeness (QED) is 0.607. The Kier molecular flexibility index (Phi) is 5.32. The number of rotatable bonds is 5. The van der Waals surface area contributed by atoms with Crippen molar-refractivity contribution in [3.8, 4) is 16.9 Å². The van der Waals surface area contributed by atoms with E-state index in [2.05, 4.69) is 10.0 Å². The van der Waals surface area contributed by atoms with Crippen molar-refractivity contribution in [3.63, 3.8) is 0 Å². The number of hydrogen-bond acceptors (Lipinski definition) is 4. The molecule has 0 fully saturated rings. The molecule has 6 nitrogen and oxygen atoms in total. The van der Waals surface area contributed by atoms with Gasteiger partial charge in [-0.1, -0.05) is 12.1 Å². The first-order valence-corrected chi connectivity index (χ1v) is 10.1. The van der Waals surface area contributed by atoms with Gasteiger partial charge < -0.3 is 10.4 Å². The van der Waals surface area contributed by atoms with E-state index in [-0.39, 0.29) is 11.3 Å². The van der Waals surface area contributed by atoms with E-state index in [4.69, 9.17) is 0 Å². The van der Waals surface area contributed by atoms with Gasteiger partial charge in [0, 0.05) is 22.5 Å². The van der Waals surface area contributed by atoms with Gasteiger partial charge in [0.1, 0.15) is 11.6 Å². The molecule has 0 saturated heterocycles. The van der Waals surface area contributed by atoms with Crippen LogP contribution in [0.25, 0.3) is 11.1 Å². The van der Waals surface area contributed by atoms with Crippen LogP contribution in [0.3, 0.4) is 0 Å². The van der Waals surface area contributed by atoms with Crippen LogP contribution in [0.2, 0.25) is 0 Å². The lowest BCUT2D eigenvalue weighted by molar-refractivity contribution is 0.102. The molecule has 0 bridgehead atoms. The normalized spacial score (nSPS) is 11.1. The van der Waals surface area contributed by atoms with Crippen LogP contribution in [0.4, 0.5) is 15.8 Å². The Bertz CT molecular complexity index is 1130. The van der Waals surface area contributed by atoms with E-state index in [0.717, 1.165) is 12.3 Å². The highest BCUT2D eigenvalue weighted by molar-refractivity contribution is 7.92. The van der Waals surface area contributed by atoms with Gasteiger partial charge in [-0.05, 0) is 60.2 Å². The Morgan fingerprint density at radius 1 is 0.964 bits per heavy atom. The SMILES string of the molecule is CS(=O)(=O)Nc1ccc(NC(=O)c2cccc(-c3cc(F)ccc3O)c2)cc1. The van der Waals surface area contributed by atoms with Crippen molar-refractivity contribution in [1.82, 2.24) is 0 Å². The molecule has 0 spiro atoms. The standard InChI is InChI=1S/C20H17FN2O4S/c1-28(26,27)23-17-8-6-16(7-9-17)22-20(25)14-4-2-3-13(11-14)18-12-15(21)5-10-19(18)24/h2-12,23-24H,1H3,(H,22,25). The molecule has 3 N–H and O–H groups in total. The zero-order chi connectivity index (χ0) is 20.3. The van der Waals surface area contributed by atoms with Gasteiger partial charge in [-0.3, -0.25) is 9.52 Å². The molecule has 0 unspecified atom stereocenters. The zero-order valence-corrected chi connectivity index (χ0v) is 15.6. The number of nitrogens with one attached hydrogen (secondary N) is 2. The van der Waals surface area contributed by atoms with E-state index >= 15 is 0 Å². The second kappa shape index (κ2) is 7.69. The fourth-order valence-electron chi connectivity index (χ4n) is 2.61. The number of phenols is 1. The summed E-state index contributed by atoms with van der Waals surface area (Å²) in [6.07, 6.45) is 1.05. The van der Waals surface area contributed by atoms with Crippen molar-refractivity contribution in [3.05, 3.63) is 78.1 Å². The average molecular weight is 400 g/mol. The highest BCUT2D eigenvalue weighted by Gasteiger charge is 2.11. The summed E-state index contributed by atoms with van der Waals surface area (Å²) in [7, 11) is -3.38. The molecule has 3 rings (SSSR count). The van der Waals surface area contributed by atoms with E-state index in [1.54, 1.807) is 36.4 Å². The summed E-state index contributed by atoms with van der Waals surface area (Å²) in [6.45, 7) is 0. The lowest BCUT2D eigenvalue weighted by atomic mass is 10.0. The van der Waals surface area contributed by atoms with Gasteiger partial charge in [0.05, 0.1) is 6.26 Å². The largest absolute Gasteiger partial charge is 0.507 e. The van der Waals surface area contributed by atoms with Crippen LogP contribution in [0.5, 0.6) is 5.75 Å². The van der Waals surface area contributed by atoms with Gasteiger partial charge in [-0.2, -0.15) is 0 Å². The third kappa shape index (κ3) is 4.86. The van der Waals surface area contributed by atoms with Gasteiger partial charge in [-0.15, -0.1) is 0 Å². The van der Waals surface area contributed by atoms with Gasteiger partial charge in [0.2, 0.25) is 10.0 Å². The molecular formula is C20H17FN2O4S. The van der Waals surface area contributed by atoms with Crippen LogP contribution >= 0.6 is 0 Å². The molecule has 8 heteroatoms. The topological polar surface area (TPSA) is 95.5 Å². The van der Waals surface area contributed by atoms with E-state index in [9.17, 15) is 22.7 Å². The number of aromatic hydroxyl groups is 1. The van der Waals surface area contributed by atoms with E-state index in [1.165, 1.54) is 24.3 Å². The first kappa shape index (κ1) is 19.4. The summed E-state index contributed by atoms with van der Waals surface area (Å²) in [5, 5.41) is 12.6. The van der Waals surface area contributed by atoms with Crippen LogP contribution in [-0.4, -0.2) is 25.7 Å². The number of benzene rings is 3. The monoisotopic (exact) mass is 400 g/mol. The molecule has 144 valence electrons. The molecule has 1 amide bonds. The van der Waals surface area contributed by atoms with Crippen molar-refractivity contribution in [2.75, 3.05) is 16.3 Å². The van der Waals surface area contributed by atoms with Crippen molar-refractivity contribution in [2.45, 2.75) is 0 Å². The van der Waals surface area contributed by atoms with Gasteiger partial charge in [-0.25, -0.2) is 12.8 Å². The lowest BCUT2D eigenvalue weighted by Gasteiger charge is -2.09. The number of anilines is 2. The van der Waals surface area contributed by atoms with Crippen molar-refractivity contribution < 1.29 is 22.7 Å². The fraction of sp³-hybridized carbons (Fsp3) is 0.0500. The second-order valence-corrected chi connectivity index (χ2v) is 7.90. The van der Waals surface area contributed by atoms with E-state index < -0.39 is 21.7 Å². The minimum atomic E-state index is -3.38. The van der Waals surface area contributed by atoms with Crippen LogP contribution in [0.15, 0.2) is 66.7 Å². The maximum atomic E-state index is 13.5. The Labute approximate surface area is 161 Å². The maximum absolute atomic E-state index is 13.5. The molecule has 0 aliphatic rings. The Morgan fingerprint density at radius 3 is 2.32 bits per heavy atom. The van der Waals surface area contributed by atoms with Gasteiger partial charge in [0.25, 0.3) is 5.91 Å². The van der Waals surface area contributed by atoms with Crippen LogP contribution < -0.4 is 10.0 Å². The molecule has 0 radical (unpaired) electrons. The molecule has 0 aliphatic carbocycles. The number of carbonyl (C=O) groups excluding carboxylic acids is 1.